The molecule has 0 atom stereocenters. The number of ketones is 1. The lowest BCUT2D eigenvalue weighted by Gasteiger charge is -1.95. The summed E-state index contributed by atoms with van der Waals surface area (Å²) < 4.78 is 13.2. The Hall–Kier alpha value is -0.520. The molecule has 0 aromatic carbocycles. The zero-order chi connectivity index (χ0) is 8.43. The molecule has 0 amide bonds. The maximum absolute atomic E-state index is 12.5. The molecular formula is C7H5FINO. The number of carbonyl (C=O) groups is 1. The molecule has 0 bridgehead atoms. The summed E-state index contributed by atoms with van der Waals surface area (Å²) in [7, 11) is 0. The summed E-state index contributed by atoms with van der Waals surface area (Å²) in [6.45, 7) is 1.36. The van der Waals surface area contributed by atoms with Crippen molar-refractivity contribution in [3.8, 4) is 0 Å². The molecule has 0 radical (unpaired) electrons. The SMILES string of the molecule is CC(=O)c1cc(I)cc(F)n1. The number of pyridine rings is 1. The minimum Gasteiger partial charge on any atom is -0.293 e. The van der Waals surface area contributed by atoms with E-state index in [1.54, 1.807) is 6.07 Å². The highest BCUT2D eigenvalue weighted by atomic mass is 127. The Morgan fingerprint density at radius 2 is 2.27 bits per heavy atom. The van der Waals surface area contributed by atoms with Crippen LogP contribution in [0.4, 0.5) is 4.39 Å². The van der Waals surface area contributed by atoms with Gasteiger partial charge in [-0.3, -0.25) is 4.79 Å². The molecule has 0 saturated heterocycles. The van der Waals surface area contributed by atoms with Crippen LogP contribution in [0.15, 0.2) is 12.1 Å². The van der Waals surface area contributed by atoms with Crippen LogP contribution in [-0.2, 0) is 0 Å². The maximum atomic E-state index is 12.5. The molecule has 0 aliphatic heterocycles. The molecule has 0 aliphatic carbocycles. The molecule has 1 aromatic heterocycles. The molecule has 0 spiro atoms. The third-order valence-corrected chi connectivity index (χ3v) is 1.74. The van der Waals surface area contributed by atoms with E-state index in [0.717, 1.165) is 0 Å². The van der Waals surface area contributed by atoms with Gasteiger partial charge in [0.1, 0.15) is 5.69 Å². The molecule has 0 aliphatic rings. The second-order valence-electron chi connectivity index (χ2n) is 2.05. The van der Waals surface area contributed by atoms with Gasteiger partial charge in [0, 0.05) is 16.6 Å². The van der Waals surface area contributed by atoms with E-state index in [4.69, 9.17) is 0 Å². The normalized spacial score (nSPS) is 9.73. The van der Waals surface area contributed by atoms with Crippen LogP contribution in [0.2, 0.25) is 0 Å². The van der Waals surface area contributed by atoms with Crippen LogP contribution in [0.25, 0.3) is 0 Å². The summed E-state index contributed by atoms with van der Waals surface area (Å²) >= 11 is 1.93. The highest BCUT2D eigenvalue weighted by molar-refractivity contribution is 14.1. The van der Waals surface area contributed by atoms with Gasteiger partial charge in [-0.15, -0.1) is 0 Å². The zero-order valence-corrected chi connectivity index (χ0v) is 7.92. The summed E-state index contributed by atoms with van der Waals surface area (Å²) in [5, 5.41) is 0. The van der Waals surface area contributed by atoms with Crippen LogP contribution in [0.1, 0.15) is 17.4 Å². The van der Waals surface area contributed by atoms with Gasteiger partial charge in [-0.2, -0.15) is 4.39 Å². The van der Waals surface area contributed by atoms with Crippen molar-refractivity contribution in [3.05, 3.63) is 27.3 Å². The van der Waals surface area contributed by atoms with Crippen LogP contribution in [-0.4, -0.2) is 10.8 Å². The Balaban J connectivity index is 3.19. The number of aromatic nitrogens is 1. The third kappa shape index (κ3) is 2.21. The average molecular weight is 265 g/mol. The van der Waals surface area contributed by atoms with Gasteiger partial charge < -0.3 is 0 Å². The van der Waals surface area contributed by atoms with Crippen molar-refractivity contribution in [2.24, 2.45) is 0 Å². The molecule has 2 nitrogen and oxygen atoms in total. The first kappa shape index (κ1) is 8.58. The minimum atomic E-state index is -0.609. The third-order valence-electron chi connectivity index (χ3n) is 1.12. The van der Waals surface area contributed by atoms with Gasteiger partial charge >= 0.3 is 0 Å². The molecule has 11 heavy (non-hydrogen) atoms. The quantitative estimate of drug-likeness (QED) is 0.441. The number of hydrogen-bond acceptors (Lipinski definition) is 2. The van der Waals surface area contributed by atoms with Crippen LogP contribution < -0.4 is 0 Å². The fraction of sp³-hybridized carbons (Fsp3) is 0.143. The summed E-state index contributed by atoms with van der Waals surface area (Å²) in [6, 6.07) is 2.82. The second kappa shape index (κ2) is 3.25. The minimum absolute atomic E-state index is 0.175. The summed E-state index contributed by atoms with van der Waals surface area (Å²) in [5.74, 6) is -0.829. The lowest BCUT2D eigenvalue weighted by atomic mass is 10.3. The van der Waals surface area contributed by atoms with Crippen molar-refractivity contribution < 1.29 is 9.18 Å². The number of rotatable bonds is 1. The fourth-order valence-corrected chi connectivity index (χ4v) is 1.20. The first-order valence-electron chi connectivity index (χ1n) is 2.93. The number of carbonyl (C=O) groups excluding carboxylic acids is 1. The molecule has 58 valence electrons. The molecule has 1 heterocycles. The topological polar surface area (TPSA) is 30.0 Å². The molecule has 0 saturated carbocycles. The van der Waals surface area contributed by atoms with E-state index in [9.17, 15) is 9.18 Å². The van der Waals surface area contributed by atoms with Crippen molar-refractivity contribution in [3.63, 3.8) is 0 Å². The Morgan fingerprint density at radius 1 is 1.64 bits per heavy atom. The largest absolute Gasteiger partial charge is 0.293 e. The van der Waals surface area contributed by atoms with E-state index in [2.05, 4.69) is 4.98 Å². The number of hydrogen-bond donors (Lipinski definition) is 0. The van der Waals surface area contributed by atoms with Gasteiger partial charge in [0.05, 0.1) is 0 Å². The van der Waals surface area contributed by atoms with Gasteiger partial charge in [0.15, 0.2) is 5.78 Å². The van der Waals surface area contributed by atoms with Gasteiger partial charge in [-0.1, -0.05) is 0 Å². The van der Waals surface area contributed by atoms with Crippen LogP contribution >= 0.6 is 22.6 Å². The Morgan fingerprint density at radius 3 is 2.73 bits per heavy atom. The Kier molecular flexibility index (Phi) is 2.53. The van der Waals surface area contributed by atoms with Crippen LogP contribution in [0.5, 0.6) is 0 Å². The van der Waals surface area contributed by atoms with Crippen LogP contribution in [0, 0.1) is 9.52 Å². The predicted octanol–water partition coefficient (Wildman–Crippen LogP) is 2.03. The Bertz CT molecular complexity index is 280. The van der Waals surface area contributed by atoms with Gasteiger partial charge in [-0.05, 0) is 28.7 Å². The molecule has 4 heteroatoms. The van der Waals surface area contributed by atoms with Gasteiger partial charge in [0.25, 0.3) is 0 Å². The fourth-order valence-electron chi connectivity index (χ4n) is 0.646. The molecule has 0 fully saturated rings. The maximum Gasteiger partial charge on any atom is 0.214 e. The highest BCUT2D eigenvalue weighted by Crippen LogP contribution is 2.07. The van der Waals surface area contributed by atoms with E-state index in [-0.39, 0.29) is 11.5 Å². The first-order valence-corrected chi connectivity index (χ1v) is 4.01. The van der Waals surface area contributed by atoms with E-state index in [1.165, 1.54) is 13.0 Å². The van der Waals surface area contributed by atoms with Crippen molar-refractivity contribution >= 4 is 28.4 Å². The summed E-state index contributed by atoms with van der Waals surface area (Å²) in [5.41, 5.74) is 0.175. The average Bonchev–Trinajstić information content (AvgIpc) is 1.85. The monoisotopic (exact) mass is 265 g/mol. The highest BCUT2D eigenvalue weighted by Gasteiger charge is 2.03. The standard InChI is InChI=1S/C7H5FINO/c1-4(11)6-2-5(9)3-7(8)10-6/h2-3H,1H3. The van der Waals surface area contributed by atoms with Crippen molar-refractivity contribution in [2.45, 2.75) is 6.92 Å². The zero-order valence-electron chi connectivity index (χ0n) is 5.77. The molecule has 1 rings (SSSR count). The van der Waals surface area contributed by atoms with Gasteiger partial charge in [0.2, 0.25) is 5.95 Å². The second-order valence-corrected chi connectivity index (χ2v) is 3.30. The smallest absolute Gasteiger partial charge is 0.214 e. The van der Waals surface area contributed by atoms with Crippen molar-refractivity contribution in [2.75, 3.05) is 0 Å². The molecule has 1 aromatic rings. The number of Topliss-reactive ketones (excluding diaryl/α,β-unsaturated/α-hetero) is 1. The van der Waals surface area contributed by atoms with E-state index in [0.29, 0.717) is 3.57 Å². The molecular weight excluding hydrogens is 260 g/mol. The lowest BCUT2D eigenvalue weighted by Crippen LogP contribution is -1.99. The summed E-state index contributed by atoms with van der Waals surface area (Å²) in [6.07, 6.45) is 0. The van der Waals surface area contributed by atoms with E-state index in [1.807, 2.05) is 22.6 Å². The van der Waals surface area contributed by atoms with E-state index >= 15 is 0 Å². The summed E-state index contributed by atoms with van der Waals surface area (Å²) in [4.78, 5) is 14.1. The van der Waals surface area contributed by atoms with Crippen molar-refractivity contribution in [1.29, 1.82) is 0 Å². The predicted molar refractivity (Wildman–Crippen MR) is 46.9 cm³/mol. The lowest BCUT2D eigenvalue weighted by molar-refractivity contribution is 0.101. The Labute approximate surface area is 77.0 Å². The number of nitrogens with zero attached hydrogens (tertiary/aromatic N) is 1. The van der Waals surface area contributed by atoms with Gasteiger partial charge in [-0.25, -0.2) is 4.98 Å². The van der Waals surface area contributed by atoms with Crippen molar-refractivity contribution in [1.82, 2.24) is 4.98 Å². The van der Waals surface area contributed by atoms with E-state index < -0.39 is 5.95 Å². The van der Waals surface area contributed by atoms with Crippen LogP contribution in [0.3, 0.4) is 0 Å². The first-order chi connectivity index (χ1) is 5.09. The molecule has 0 N–H and O–H groups in total. The molecule has 0 unspecified atom stereocenters. The number of halogens is 2.